The number of nitrogens with zero attached hydrogens (tertiary/aromatic N) is 2. The van der Waals surface area contributed by atoms with E-state index in [9.17, 15) is 0 Å². The minimum absolute atomic E-state index is 0.551. The van der Waals surface area contributed by atoms with Crippen LogP contribution < -0.4 is 5.32 Å². The fraction of sp³-hybridized carbons (Fsp3) is 0. The number of rotatable bonds is 2. The first-order valence-electron chi connectivity index (χ1n) is 5.66. The Morgan fingerprint density at radius 1 is 0.947 bits per heavy atom. The summed E-state index contributed by atoms with van der Waals surface area (Å²) in [6, 6.07) is 13.1. The molecule has 0 unspecified atom stereocenters. The van der Waals surface area contributed by atoms with Crippen molar-refractivity contribution in [3.05, 3.63) is 58.8 Å². The van der Waals surface area contributed by atoms with Crippen molar-refractivity contribution in [1.82, 2.24) is 9.97 Å². The maximum atomic E-state index is 6.14. The Kier molecular flexibility index (Phi) is 3.23. The topological polar surface area (TPSA) is 37.8 Å². The van der Waals surface area contributed by atoms with Crippen LogP contribution in [0.15, 0.2) is 48.8 Å². The van der Waals surface area contributed by atoms with Crippen molar-refractivity contribution in [2.24, 2.45) is 0 Å². The molecule has 0 aliphatic carbocycles. The summed E-state index contributed by atoms with van der Waals surface area (Å²) in [6.07, 6.45) is 1.52. The molecule has 2 aromatic carbocycles. The summed E-state index contributed by atoms with van der Waals surface area (Å²) < 4.78 is 0. The summed E-state index contributed by atoms with van der Waals surface area (Å²) in [5.74, 6) is 0.717. The molecule has 5 heteroatoms. The van der Waals surface area contributed by atoms with E-state index >= 15 is 0 Å². The van der Waals surface area contributed by atoms with Crippen molar-refractivity contribution in [2.75, 3.05) is 5.32 Å². The molecule has 0 bridgehead atoms. The number of hydrogen-bond acceptors (Lipinski definition) is 3. The van der Waals surface area contributed by atoms with Crippen LogP contribution in [-0.4, -0.2) is 9.97 Å². The standard InChI is InChI=1S/C14H9Cl2N3/c15-9-5-6-13(11(16)7-9)19-14-10-3-1-2-4-12(10)17-8-18-14/h1-8H,(H,17,18,19). The van der Waals surface area contributed by atoms with E-state index in [1.807, 2.05) is 30.3 Å². The Labute approximate surface area is 120 Å². The number of para-hydroxylation sites is 1. The lowest BCUT2D eigenvalue weighted by Crippen LogP contribution is -1.96. The summed E-state index contributed by atoms with van der Waals surface area (Å²) in [4.78, 5) is 8.47. The van der Waals surface area contributed by atoms with Gasteiger partial charge in [-0.05, 0) is 30.3 Å². The minimum atomic E-state index is 0.551. The maximum absolute atomic E-state index is 6.14. The molecule has 3 aromatic rings. The van der Waals surface area contributed by atoms with Gasteiger partial charge < -0.3 is 5.32 Å². The van der Waals surface area contributed by atoms with E-state index < -0.39 is 0 Å². The second-order valence-corrected chi connectivity index (χ2v) is 4.83. The van der Waals surface area contributed by atoms with Gasteiger partial charge in [0.25, 0.3) is 0 Å². The van der Waals surface area contributed by atoms with Gasteiger partial charge in [0.15, 0.2) is 0 Å². The zero-order valence-corrected chi connectivity index (χ0v) is 11.3. The largest absolute Gasteiger partial charge is 0.338 e. The lowest BCUT2D eigenvalue weighted by Gasteiger charge is -2.09. The molecule has 0 saturated carbocycles. The molecular weight excluding hydrogens is 281 g/mol. The van der Waals surface area contributed by atoms with Crippen molar-refractivity contribution in [2.45, 2.75) is 0 Å². The third-order valence-corrected chi connectivity index (χ3v) is 3.27. The minimum Gasteiger partial charge on any atom is -0.338 e. The van der Waals surface area contributed by atoms with E-state index in [0.29, 0.717) is 10.0 Å². The van der Waals surface area contributed by atoms with Gasteiger partial charge in [0.2, 0.25) is 0 Å². The fourth-order valence-electron chi connectivity index (χ4n) is 1.82. The van der Waals surface area contributed by atoms with Crippen LogP contribution in [0.1, 0.15) is 0 Å². The highest BCUT2D eigenvalue weighted by atomic mass is 35.5. The van der Waals surface area contributed by atoms with Crippen LogP contribution in [0.25, 0.3) is 10.9 Å². The summed E-state index contributed by atoms with van der Waals surface area (Å²) in [6.45, 7) is 0. The Morgan fingerprint density at radius 3 is 2.63 bits per heavy atom. The molecular formula is C14H9Cl2N3. The predicted octanol–water partition coefficient (Wildman–Crippen LogP) is 4.68. The van der Waals surface area contributed by atoms with Gasteiger partial charge >= 0.3 is 0 Å². The number of aromatic nitrogens is 2. The van der Waals surface area contributed by atoms with Crippen LogP contribution in [0, 0.1) is 0 Å². The van der Waals surface area contributed by atoms with Gasteiger partial charge in [-0.1, -0.05) is 35.3 Å². The van der Waals surface area contributed by atoms with Gasteiger partial charge in [-0.15, -0.1) is 0 Å². The third kappa shape index (κ3) is 2.48. The first-order valence-corrected chi connectivity index (χ1v) is 6.41. The van der Waals surface area contributed by atoms with Crippen LogP contribution in [0.3, 0.4) is 0 Å². The van der Waals surface area contributed by atoms with E-state index in [0.717, 1.165) is 22.4 Å². The molecule has 0 aliphatic rings. The molecule has 0 amide bonds. The van der Waals surface area contributed by atoms with Gasteiger partial charge in [0.05, 0.1) is 16.2 Å². The van der Waals surface area contributed by atoms with E-state index in [1.54, 1.807) is 12.1 Å². The monoisotopic (exact) mass is 289 g/mol. The van der Waals surface area contributed by atoms with Gasteiger partial charge in [-0.2, -0.15) is 0 Å². The van der Waals surface area contributed by atoms with Crippen molar-refractivity contribution in [3.63, 3.8) is 0 Å². The van der Waals surface area contributed by atoms with Gasteiger partial charge in [-0.25, -0.2) is 9.97 Å². The lowest BCUT2D eigenvalue weighted by molar-refractivity contribution is 1.22. The van der Waals surface area contributed by atoms with Crippen molar-refractivity contribution < 1.29 is 0 Å². The Morgan fingerprint density at radius 2 is 1.79 bits per heavy atom. The van der Waals surface area contributed by atoms with Gasteiger partial charge in [0, 0.05) is 10.4 Å². The van der Waals surface area contributed by atoms with E-state index in [4.69, 9.17) is 23.2 Å². The van der Waals surface area contributed by atoms with Crippen molar-refractivity contribution in [3.8, 4) is 0 Å². The Balaban J connectivity index is 2.06. The van der Waals surface area contributed by atoms with Crippen LogP contribution in [0.4, 0.5) is 11.5 Å². The molecule has 0 fully saturated rings. The summed E-state index contributed by atoms with van der Waals surface area (Å²) >= 11 is 12.0. The number of benzene rings is 2. The number of anilines is 2. The van der Waals surface area contributed by atoms with E-state index in [1.165, 1.54) is 6.33 Å². The average Bonchev–Trinajstić information content (AvgIpc) is 2.42. The molecule has 19 heavy (non-hydrogen) atoms. The second-order valence-electron chi connectivity index (χ2n) is 3.99. The average molecular weight is 290 g/mol. The van der Waals surface area contributed by atoms with Gasteiger partial charge in [-0.3, -0.25) is 0 Å². The number of nitrogens with one attached hydrogen (secondary N) is 1. The first kappa shape index (κ1) is 12.2. The predicted molar refractivity (Wildman–Crippen MR) is 79.3 cm³/mol. The first-order chi connectivity index (χ1) is 9.24. The molecule has 0 aliphatic heterocycles. The molecule has 1 heterocycles. The number of fused-ring (bicyclic) bond motifs is 1. The molecule has 94 valence electrons. The van der Waals surface area contributed by atoms with Crippen LogP contribution in [-0.2, 0) is 0 Å². The Hall–Kier alpha value is -1.84. The molecule has 3 rings (SSSR count). The lowest BCUT2D eigenvalue weighted by atomic mass is 10.2. The smallest absolute Gasteiger partial charge is 0.141 e. The summed E-state index contributed by atoms with van der Waals surface area (Å²) in [5, 5.41) is 5.29. The molecule has 1 N–H and O–H groups in total. The highest BCUT2D eigenvalue weighted by Gasteiger charge is 2.06. The SMILES string of the molecule is Clc1ccc(Nc2ncnc3ccccc23)c(Cl)c1. The third-order valence-electron chi connectivity index (χ3n) is 2.73. The van der Waals surface area contributed by atoms with Crippen molar-refractivity contribution in [1.29, 1.82) is 0 Å². The summed E-state index contributed by atoms with van der Waals surface area (Å²) in [5.41, 5.74) is 1.64. The van der Waals surface area contributed by atoms with Crippen LogP contribution in [0.2, 0.25) is 10.0 Å². The Bertz CT molecular complexity index is 738. The van der Waals surface area contributed by atoms with Crippen molar-refractivity contribution >= 4 is 45.6 Å². The number of hydrogen-bond donors (Lipinski definition) is 1. The van der Waals surface area contributed by atoms with Crippen LogP contribution >= 0.6 is 23.2 Å². The molecule has 0 atom stereocenters. The quantitative estimate of drug-likeness (QED) is 0.744. The molecule has 0 radical (unpaired) electrons. The number of halogens is 2. The molecule has 0 spiro atoms. The molecule has 0 saturated heterocycles. The van der Waals surface area contributed by atoms with Gasteiger partial charge in [0.1, 0.15) is 12.1 Å². The van der Waals surface area contributed by atoms with Crippen LogP contribution in [0.5, 0.6) is 0 Å². The highest BCUT2D eigenvalue weighted by molar-refractivity contribution is 6.36. The van der Waals surface area contributed by atoms with E-state index in [2.05, 4.69) is 15.3 Å². The highest BCUT2D eigenvalue weighted by Crippen LogP contribution is 2.29. The molecule has 1 aromatic heterocycles. The van der Waals surface area contributed by atoms with E-state index in [-0.39, 0.29) is 0 Å². The normalized spacial score (nSPS) is 10.6. The molecule has 3 nitrogen and oxygen atoms in total. The summed E-state index contributed by atoms with van der Waals surface area (Å²) in [7, 11) is 0. The fourth-order valence-corrected chi connectivity index (χ4v) is 2.28. The zero-order valence-electron chi connectivity index (χ0n) is 9.77. The zero-order chi connectivity index (χ0) is 13.2. The maximum Gasteiger partial charge on any atom is 0.141 e. The second kappa shape index (κ2) is 5.03.